The number of hydrogen-bond donors (Lipinski definition) is 0. The molecule has 0 aliphatic rings. The minimum atomic E-state index is 0.130. The van der Waals surface area contributed by atoms with Gasteiger partial charge in [0, 0.05) is 14.2 Å². The van der Waals surface area contributed by atoms with Crippen molar-refractivity contribution in [1.82, 2.24) is 0 Å². The standard InChI is InChI=1S/C15H13IO/c1-15(2,16)10-7-8-12-11-5-3-4-6-13(11)17-14(12)9-10/h3-9H,1-2H3. The molecule has 3 rings (SSSR count). The third-order valence-corrected chi connectivity index (χ3v) is 3.69. The minimum absolute atomic E-state index is 0.130. The minimum Gasteiger partial charge on any atom is -0.456 e. The van der Waals surface area contributed by atoms with Crippen molar-refractivity contribution < 1.29 is 4.42 Å². The second-order valence-corrected chi connectivity index (χ2v) is 7.48. The van der Waals surface area contributed by atoms with Gasteiger partial charge < -0.3 is 4.42 Å². The number of halogens is 1. The Morgan fingerprint density at radius 3 is 2.41 bits per heavy atom. The summed E-state index contributed by atoms with van der Waals surface area (Å²) in [6.45, 7) is 4.41. The van der Waals surface area contributed by atoms with Crippen molar-refractivity contribution in [3.05, 3.63) is 48.0 Å². The lowest BCUT2D eigenvalue weighted by molar-refractivity contribution is 0.667. The van der Waals surface area contributed by atoms with Crippen LogP contribution in [0.25, 0.3) is 21.9 Å². The van der Waals surface area contributed by atoms with Gasteiger partial charge in [-0.3, -0.25) is 0 Å². The van der Waals surface area contributed by atoms with E-state index in [2.05, 4.69) is 60.7 Å². The quantitative estimate of drug-likeness (QED) is 0.437. The molecule has 0 spiro atoms. The monoisotopic (exact) mass is 336 g/mol. The second-order valence-electron chi connectivity index (χ2n) is 4.78. The van der Waals surface area contributed by atoms with Crippen molar-refractivity contribution >= 4 is 44.5 Å². The van der Waals surface area contributed by atoms with E-state index in [4.69, 9.17) is 4.42 Å². The molecule has 3 aromatic rings. The Morgan fingerprint density at radius 2 is 1.65 bits per heavy atom. The Morgan fingerprint density at radius 1 is 0.941 bits per heavy atom. The van der Waals surface area contributed by atoms with Crippen molar-refractivity contribution in [3.63, 3.8) is 0 Å². The smallest absolute Gasteiger partial charge is 0.135 e. The van der Waals surface area contributed by atoms with Gasteiger partial charge >= 0.3 is 0 Å². The van der Waals surface area contributed by atoms with Gasteiger partial charge in [0.15, 0.2) is 0 Å². The van der Waals surface area contributed by atoms with Crippen molar-refractivity contribution in [2.75, 3.05) is 0 Å². The average molecular weight is 336 g/mol. The highest BCUT2D eigenvalue weighted by molar-refractivity contribution is 14.1. The lowest BCUT2D eigenvalue weighted by Gasteiger charge is -2.16. The maximum atomic E-state index is 5.88. The number of para-hydroxylation sites is 1. The maximum absolute atomic E-state index is 5.88. The molecule has 2 aromatic carbocycles. The van der Waals surface area contributed by atoms with Gasteiger partial charge in [-0.2, -0.15) is 0 Å². The Hall–Kier alpha value is -1.03. The summed E-state index contributed by atoms with van der Waals surface area (Å²) in [5, 5.41) is 2.39. The largest absolute Gasteiger partial charge is 0.456 e. The fourth-order valence-electron chi connectivity index (χ4n) is 2.10. The molecule has 2 heteroatoms. The van der Waals surface area contributed by atoms with Crippen molar-refractivity contribution in [1.29, 1.82) is 0 Å². The highest BCUT2D eigenvalue weighted by Gasteiger charge is 2.17. The second kappa shape index (κ2) is 3.73. The van der Waals surface area contributed by atoms with Gasteiger partial charge in [0.25, 0.3) is 0 Å². The van der Waals surface area contributed by atoms with E-state index < -0.39 is 0 Å². The van der Waals surface area contributed by atoms with Crippen LogP contribution in [0.15, 0.2) is 46.9 Å². The molecule has 0 atom stereocenters. The summed E-state index contributed by atoms with van der Waals surface area (Å²) in [5.41, 5.74) is 3.24. The summed E-state index contributed by atoms with van der Waals surface area (Å²) in [6, 6.07) is 14.7. The molecule has 0 saturated carbocycles. The van der Waals surface area contributed by atoms with Crippen LogP contribution in [0.4, 0.5) is 0 Å². The molecule has 0 aliphatic heterocycles. The summed E-state index contributed by atoms with van der Waals surface area (Å²) in [6.07, 6.45) is 0. The zero-order chi connectivity index (χ0) is 12.0. The summed E-state index contributed by atoms with van der Waals surface area (Å²) in [7, 11) is 0. The first-order valence-corrected chi connectivity index (χ1v) is 6.74. The fraction of sp³-hybridized carbons (Fsp3) is 0.200. The number of alkyl halides is 1. The Kier molecular flexibility index (Phi) is 2.43. The van der Waals surface area contributed by atoms with Crippen LogP contribution in [0.1, 0.15) is 19.4 Å². The topological polar surface area (TPSA) is 13.1 Å². The van der Waals surface area contributed by atoms with Crippen LogP contribution >= 0.6 is 22.6 Å². The number of furan rings is 1. The predicted octanol–water partition coefficient (Wildman–Crippen LogP) is 5.26. The van der Waals surface area contributed by atoms with Crippen LogP contribution in [0.2, 0.25) is 0 Å². The zero-order valence-electron chi connectivity index (χ0n) is 9.83. The Balaban J connectivity index is 2.34. The van der Waals surface area contributed by atoms with Gasteiger partial charge in [0.1, 0.15) is 11.2 Å². The number of rotatable bonds is 1. The fourth-order valence-corrected chi connectivity index (χ4v) is 2.43. The molecule has 0 bridgehead atoms. The molecule has 0 fully saturated rings. The highest BCUT2D eigenvalue weighted by atomic mass is 127. The summed E-state index contributed by atoms with van der Waals surface area (Å²) in [4.78, 5) is 0. The van der Waals surface area contributed by atoms with E-state index in [1.54, 1.807) is 0 Å². The van der Waals surface area contributed by atoms with Crippen LogP contribution < -0.4 is 0 Å². The first-order valence-electron chi connectivity index (χ1n) is 5.66. The number of fused-ring (bicyclic) bond motifs is 3. The molecule has 0 saturated heterocycles. The van der Waals surface area contributed by atoms with Crippen LogP contribution in [0, 0.1) is 0 Å². The van der Waals surface area contributed by atoms with Gasteiger partial charge in [-0.05, 0) is 31.5 Å². The molecule has 86 valence electrons. The van der Waals surface area contributed by atoms with E-state index in [-0.39, 0.29) is 3.42 Å². The van der Waals surface area contributed by atoms with Gasteiger partial charge in [-0.1, -0.05) is 52.9 Å². The Labute approximate surface area is 114 Å². The molecule has 0 N–H and O–H groups in total. The number of benzene rings is 2. The molecule has 17 heavy (non-hydrogen) atoms. The van der Waals surface area contributed by atoms with E-state index in [1.807, 2.05) is 18.2 Å². The molecule has 0 amide bonds. The van der Waals surface area contributed by atoms with Crippen LogP contribution in [-0.2, 0) is 3.42 Å². The lowest BCUT2D eigenvalue weighted by atomic mass is 10.0. The normalized spacial score (nSPS) is 12.4. The van der Waals surface area contributed by atoms with Crippen LogP contribution in [0.3, 0.4) is 0 Å². The summed E-state index contributed by atoms with van der Waals surface area (Å²) >= 11 is 2.45. The SMILES string of the molecule is CC(C)(I)c1ccc2c(c1)oc1ccccc12. The van der Waals surface area contributed by atoms with E-state index in [1.165, 1.54) is 16.3 Å². The van der Waals surface area contributed by atoms with Crippen LogP contribution in [0.5, 0.6) is 0 Å². The third-order valence-electron chi connectivity index (χ3n) is 3.07. The van der Waals surface area contributed by atoms with E-state index in [0.717, 1.165) is 11.2 Å². The number of hydrogen-bond acceptors (Lipinski definition) is 1. The van der Waals surface area contributed by atoms with Crippen LogP contribution in [-0.4, -0.2) is 0 Å². The Bertz CT molecular complexity index is 689. The van der Waals surface area contributed by atoms with E-state index in [0.29, 0.717) is 0 Å². The highest BCUT2D eigenvalue weighted by Crippen LogP contribution is 2.35. The van der Waals surface area contributed by atoms with Gasteiger partial charge in [0.2, 0.25) is 0 Å². The molecule has 0 unspecified atom stereocenters. The van der Waals surface area contributed by atoms with Gasteiger partial charge in [0.05, 0.1) is 0 Å². The van der Waals surface area contributed by atoms with E-state index in [9.17, 15) is 0 Å². The molecular formula is C15H13IO. The summed E-state index contributed by atoms with van der Waals surface area (Å²) in [5.74, 6) is 0. The molecular weight excluding hydrogens is 323 g/mol. The molecule has 0 aliphatic carbocycles. The lowest BCUT2D eigenvalue weighted by Crippen LogP contribution is -2.05. The predicted molar refractivity (Wildman–Crippen MR) is 80.8 cm³/mol. The molecule has 0 radical (unpaired) electrons. The average Bonchev–Trinajstić information content (AvgIpc) is 2.65. The zero-order valence-corrected chi connectivity index (χ0v) is 12.0. The van der Waals surface area contributed by atoms with E-state index >= 15 is 0 Å². The first-order chi connectivity index (χ1) is 8.05. The van der Waals surface area contributed by atoms with Crippen molar-refractivity contribution in [3.8, 4) is 0 Å². The molecule has 1 nitrogen and oxygen atoms in total. The summed E-state index contributed by atoms with van der Waals surface area (Å²) < 4.78 is 6.01. The third kappa shape index (κ3) is 1.84. The van der Waals surface area contributed by atoms with Gasteiger partial charge in [-0.25, -0.2) is 0 Å². The van der Waals surface area contributed by atoms with Gasteiger partial charge in [-0.15, -0.1) is 0 Å². The first kappa shape index (κ1) is 11.1. The maximum Gasteiger partial charge on any atom is 0.135 e. The van der Waals surface area contributed by atoms with Crippen molar-refractivity contribution in [2.24, 2.45) is 0 Å². The van der Waals surface area contributed by atoms with Crippen molar-refractivity contribution in [2.45, 2.75) is 17.3 Å². The molecule has 1 aromatic heterocycles. The molecule has 1 heterocycles.